The van der Waals surface area contributed by atoms with Crippen LogP contribution in [0.3, 0.4) is 0 Å². The van der Waals surface area contributed by atoms with E-state index in [4.69, 9.17) is 0 Å². The number of hydrogen-bond acceptors (Lipinski definition) is 3. The molecule has 19 heavy (non-hydrogen) atoms. The van der Waals surface area contributed by atoms with E-state index in [9.17, 15) is 4.79 Å². The predicted octanol–water partition coefficient (Wildman–Crippen LogP) is 0.904. The van der Waals surface area contributed by atoms with Gasteiger partial charge in [-0.2, -0.15) is 5.10 Å². The fourth-order valence-corrected chi connectivity index (χ4v) is 2.49. The number of nitrogens with zero attached hydrogens (tertiary/aromatic N) is 2. The first-order chi connectivity index (χ1) is 9.31. The normalized spacial score (nSPS) is 19.5. The van der Waals surface area contributed by atoms with E-state index < -0.39 is 0 Å². The maximum Gasteiger partial charge on any atom is 0.241 e. The van der Waals surface area contributed by atoms with Crippen LogP contribution < -0.4 is 10.6 Å². The molecule has 0 aliphatic carbocycles. The standard InChI is InChI=1S/C14H18N4O/c19-14(16-12-5-3-7-15-8-12)10-18-9-11-4-1-2-6-13(11)17-18/h1-2,4,6,9,12,15H,3,5,7-8,10H2,(H,16,19)/t12-/m0/s1. The number of nitrogens with one attached hydrogen (secondary N) is 2. The molecule has 0 bridgehead atoms. The summed E-state index contributed by atoms with van der Waals surface area (Å²) < 4.78 is 1.70. The topological polar surface area (TPSA) is 59.0 Å². The summed E-state index contributed by atoms with van der Waals surface area (Å²) in [7, 11) is 0. The van der Waals surface area contributed by atoms with E-state index in [1.165, 1.54) is 0 Å². The summed E-state index contributed by atoms with van der Waals surface area (Å²) in [6, 6.07) is 8.14. The van der Waals surface area contributed by atoms with Crippen molar-refractivity contribution in [2.45, 2.75) is 25.4 Å². The second-order valence-corrected chi connectivity index (χ2v) is 5.00. The van der Waals surface area contributed by atoms with Gasteiger partial charge in [-0.25, -0.2) is 0 Å². The highest BCUT2D eigenvalue weighted by Crippen LogP contribution is 2.10. The Morgan fingerprint density at radius 2 is 2.37 bits per heavy atom. The molecule has 1 amide bonds. The number of aromatic nitrogens is 2. The molecule has 1 aliphatic heterocycles. The van der Waals surface area contributed by atoms with Gasteiger partial charge in [0.2, 0.25) is 5.91 Å². The highest BCUT2D eigenvalue weighted by atomic mass is 16.2. The highest BCUT2D eigenvalue weighted by molar-refractivity contribution is 5.79. The van der Waals surface area contributed by atoms with E-state index in [2.05, 4.69) is 15.7 Å². The van der Waals surface area contributed by atoms with Crippen molar-refractivity contribution < 1.29 is 4.79 Å². The first kappa shape index (κ1) is 12.2. The Hall–Kier alpha value is -1.88. The molecule has 1 aliphatic rings. The number of hydrogen-bond donors (Lipinski definition) is 2. The molecular formula is C14H18N4O. The number of carbonyl (C=O) groups excluding carboxylic acids is 1. The summed E-state index contributed by atoms with van der Waals surface area (Å²) >= 11 is 0. The largest absolute Gasteiger partial charge is 0.350 e. The van der Waals surface area contributed by atoms with Crippen LogP contribution in [0.25, 0.3) is 10.9 Å². The monoisotopic (exact) mass is 258 g/mol. The second-order valence-electron chi connectivity index (χ2n) is 5.00. The average molecular weight is 258 g/mol. The molecular weight excluding hydrogens is 240 g/mol. The fourth-order valence-electron chi connectivity index (χ4n) is 2.49. The third-order valence-electron chi connectivity index (χ3n) is 3.43. The summed E-state index contributed by atoms with van der Waals surface area (Å²) in [6.07, 6.45) is 4.09. The number of piperidine rings is 1. The summed E-state index contributed by atoms with van der Waals surface area (Å²) in [4.78, 5) is 12.0. The Bertz CT molecular complexity index is 539. The lowest BCUT2D eigenvalue weighted by atomic mass is 10.1. The van der Waals surface area contributed by atoms with Crippen LogP contribution >= 0.6 is 0 Å². The lowest BCUT2D eigenvalue weighted by Crippen LogP contribution is -2.46. The lowest BCUT2D eigenvalue weighted by Gasteiger charge is -2.23. The van der Waals surface area contributed by atoms with Gasteiger partial charge in [0, 0.05) is 24.2 Å². The summed E-state index contributed by atoms with van der Waals surface area (Å²) in [6.45, 7) is 2.20. The van der Waals surface area contributed by atoms with Gasteiger partial charge in [0.05, 0.1) is 5.52 Å². The summed E-state index contributed by atoms with van der Waals surface area (Å²) in [5.41, 5.74) is 0.926. The molecule has 1 atom stereocenters. The minimum Gasteiger partial charge on any atom is -0.350 e. The van der Waals surface area contributed by atoms with Crippen molar-refractivity contribution >= 4 is 16.8 Å². The molecule has 1 fully saturated rings. The minimum atomic E-state index is 0.0292. The number of fused-ring (bicyclic) bond motifs is 1. The number of amides is 1. The van der Waals surface area contributed by atoms with Gasteiger partial charge < -0.3 is 10.6 Å². The molecule has 5 nitrogen and oxygen atoms in total. The van der Waals surface area contributed by atoms with Gasteiger partial charge in [0.25, 0.3) is 0 Å². The number of carbonyl (C=O) groups is 1. The molecule has 2 aromatic rings. The van der Waals surface area contributed by atoms with Gasteiger partial charge in [-0.15, -0.1) is 0 Å². The van der Waals surface area contributed by atoms with Crippen LogP contribution in [-0.4, -0.2) is 34.8 Å². The van der Waals surface area contributed by atoms with Crippen LogP contribution in [0.1, 0.15) is 12.8 Å². The Morgan fingerprint density at radius 1 is 1.47 bits per heavy atom. The first-order valence-electron chi connectivity index (χ1n) is 6.73. The number of benzene rings is 1. The fraction of sp³-hybridized carbons (Fsp3) is 0.429. The maximum atomic E-state index is 12.0. The van der Waals surface area contributed by atoms with Gasteiger partial charge in [-0.1, -0.05) is 18.2 Å². The van der Waals surface area contributed by atoms with Crippen LogP contribution in [0.5, 0.6) is 0 Å². The molecule has 2 N–H and O–H groups in total. The Kier molecular flexibility index (Phi) is 3.46. The van der Waals surface area contributed by atoms with E-state index >= 15 is 0 Å². The van der Waals surface area contributed by atoms with Crippen LogP contribution in [0.15, 0.2) is 30.5 Å². The molecule has 3 rings (SSSR count). The van der Waals surface area contributed by atoms with Crippen molar-refractivity contribution in [1.29, 1.82) is 0 Å². The molecule has 1 aromatic heterocycles. The van der Waals surface area contributed by atoms with E-state index in [1.54, 1.807) is 4.68 Å². The van der Waals surface area contributed by atoms with Crippen LogP contribution in [0, 0.1) is 0 Å². The molecule has 1 saturated heterocycles. The Morgan fingerprint density at radius 3 is 3.16 bits per heavy atom. The first-order valence-corrected chi connectivity index (χ1v) is 6.73. The van der Waals surface area contributed by atoms with Gasteiger partial charge >= 0.3 is 0 Å². The second kappa shape index (κ2) is 5.40. The predicted molar refractivity (Wildman–Crippen MR) is 73.8 cm³/mol. The zero-order chi connectivity index (χ0) is 13.1. The molecule has 0 saturated carbocycles. The smallest absolute Gasteiger partial charge is 0.241 e. The molecule has 0 spiro atoms. The third kappa shape index (κ3) is 2.93. The molecule has 0 unspecified atom stereocenters. The van der Waals surface area contributed by atoms with Gasteiger partial charge in [-0.05, 0) is 25.5 Å². The van der Waals surface area contributed by atoms with Gasteiger partial charge in [0.15, 0.2) is 0 Å². The minimum absolute atomic E-state index is 0.0292. The molecule has 100 valence electrons. The van der Waals surface area contributed by atoms with Crippen molar-refractivity contribution in [2.75, 3.05) is 13.1 Å². The van der Waals surface area contributed by atoms with E-state index in [1.807, 2.05) is 30.5 Å². The lowest BCUT2D eigenvalue weighted by molar-refractivity contribution is -0.122. The molecule has 2 heterocycles. The molecule has 1 aromatic carbocycles. The number of rotatable bonds is 3. The zero-order valence-corrected chi connectivity index (χ0v) is 10.8. The van der Waals surface area contributed by atoms with Crippen molar-refractivity contribution in [3.8, 4) is 0 Å². The third-order valence-corrected chi connectivity index (χ3v) is 3.43. The highest BCUT2D eigenvalue weighted by Gasteiger charge is 2.15. The Labute approximate surface area is 112 Å². The van der Waals surface area contributed by atoms with Crippen LogP contribution in [0.2, 0.25) is 0 Å². The zero-order valence-electron chi connectivity index (χ0n) is 10.8. The van der Waals surface area contributed by atoms with Crippen molar-refractivity contribution in [1.82, 2.24) is 20.4 Å². The van der Waals surface area contributed by atoms with Gasteiger partial charge in [0.1, 0.15) is 6.54 Å². The van der Waals surface area contributed by atoms with Crippen molar-refractivity contribution in [3.05, 3.63) is 30.5 Å². The molecule has 5 heteroatoms. The van der Waals surface area contributed by atoms with Crippen molar-refractivity contribution in [3.63, 3.8) is 0 Å². The van der Waals surface area contributed by atoms with Gasteiger partial charge in [-0.3, -0.25) is 9.48 Å². The molecule has 0 radical (unpaired) electrons. The van der Waals surface area contributed by atoms with E-state index in [0.717, 1.165) is 36.8 Å². The van der Waals surface area contributed by atoms with Crippen LogP contribution in [0.4, 0.5) is 0 Å². The Balaban J connectivity index is 1.62. The quantitative estimate of drug-likeness (QED) is 0.860. The van der Waals surface area contributed by atoms with E-state index in [0.29, 0.717) is 0 Å². The van der Waals surface area contributed by atoms with Crippen molar-refractivity contribution in [2.24, 2.45) is 0 Å². The summed E-state index contributed by atoms with van der Waals surface area (Å²) in [5.74, 6) is 0.0292. The summed E-state index contributed by atoms with van der Waals surface area (Å²) in [5, 5.41) is 11.8. The van der Waals surface area contributed by atoms with E-state index in [-0.39, 0.29) is 18.5 Å². The maximum absolute atomic E-state index is 12.0. The SMILES string of the molecule is O=C(Cn1cc2ccccc2n1)N[C@H]1CCCNC1. The average Bonchev–Trinajstić information content (AvgIpc) is 2.81. The van der Waals surface area contributed by atoms with Crippen LogP contribution in [-0.2, 0) is 11.3 Å².